The lowest BCUT2D eigenvalue weighted by atomic mass is 10.3. The minimum Gasteiger partial charge on any atom is -0.480 e. The van der Waals surface area contributed by atoms with Crippen molar-refractivity contribution < 1.29 is 19.2 Å². The SMILES string of the molecule is Cc1nc(C(=O)N[C@@H](C)C(=O)O)no1. The average molecular weight is 199 g/mol. The summed E-state index contributed by atoms with van der Waals surface area (Å²) in [7, 11) is 0. The minimum absolute atomic E-state index is 0.171. The first kappa shape index (κ1) is 10.2. The monoisotopic (exact) mass is 199 g/mol. The van der Waals surface area contributed by atoms with Crippen LogP contribution in [0.5, 0.6) is 0 Å². The van der Waals surface area contributed by atoms with Crippen molar-refractivity contribution in [2.24, 2.45) is 0 Å². The first-order valence-electron chi connectivity index (χ1n) is 3.84. The maximum absolute atomic E-state index is 11.2. The second kappa shape index (κ2) is 3.86. The number of amides is 1. The summed E-state index contributed by atoms with van der Waals surface area (Å²) in [5.74, 6) is -1.72. The number of aromatic nitrogens is 2. The second-order valence-electron chi connectivity index (χ2n) is 2.67. The maximum Gasteiger partial charge on any atom is 0.325 e. The quantitative estimate of drug-likeness (QED) is 0.684. The molecule has 0 spiro atoms. The van der Waals surface area contributed by atoms with Gasteiger partial charge in [0, 0.05) is 6.92 Å². The molecule has 0 bridgehead atoms. The largest absolute Gasteiger partial charge is 0.480 e. The van der Waals surface area contributed by atoms with E-state index in [9.17, 15) is 9.59 Å². The van der Waals surface area contributed by atoms with Crippen molar-refractivity contribution in [3.05, 3.63) is 11.7 Å². The molecule has 0 aliphatic heterocycles. The van der Waals surface area contributed by atoms with Gasteiger partial charge in [0.1, 0.15) is 6.04 Å². The van der Waals surface area contributed by atoms with Crippen LogP contribution in [0.15, 0.2) is 4.52 Å². The topological polar surface area (TPSA) is 105 Å². The van der Waals surface area contributed by atoms with Gasteiger partial charge in [0.25, 0.3) is 11.7 Å². The molecule has 0 saturated heterocycles. The predicted molar refractivity (Wildman–Crippen MR) is 43.6 cm³/mol. The molecular weight excluding hydrogens is 190 g/mol. The van der Waals surface area contributed by atoms with E-state index in [-0.39, 0.29) is 11.7 Å². The van der Waals surface area contributed by atoms with Crippen LogP contribution in [0, 0.1) is 6.92 Å². The Morgan fingerprint density at radius 3 is 2.64 bits per heavy atom. The number of aryl methyl sites for hydroxylation is 1. The first-order chi connectivity index (χ1) is 6.50. The van der Waals surface area contributed by atoms with Crippen LogP contribution >= 0.6 is 0 Å². The number of nitrogens with one attached hydrogen (secondary N) is 1. The molecule has 1 heterocycles. The lowest BCUT2D eigenvalue weighted by molar-refractivity contribution is -0.138. The fourth-order valence-corrected chi connectivity index (χ4v) is 0.714. The molecule has 7 nitrogen and oxygen atoms in total. The van der Waals surface area contributed by atoms with Crippen molar-refractivity contribution in [1.82, 2.24) is 15.5 Å². The summed E-state index contributed by atoms with van der Waals surface area (Å²) >= 11 is 0. The molecule has 1 amide bonds. The van der Waals surface area contributed by atoms with Crippen molar-refractivity contribution in [1.29, 1.82) is 0 Å². The zero-order valence-electron chi connectivity index (χ0n) is 7.64. The smallest absolute Gasteiger partial charge is 0.325 e. The molecule has 0 fully saturated rings. The summed E-state index contributed by atoms with van der Waals surface area (Å²) in [4.78, 5) is 25.2. The fraction of sp³-hybridized carbons (Fsp3) is 0.429. The highest BCUT2D eigenvalue weighted by molar-refractivity contribution is 5.93. The normalized spacial score (nSPS) is 12.1. The van der Waals surface area contributed by atoms with Crippen LogP contribution < -0.4 is 5.32 Å². The van der Waals surface area contributed by atoms with E-state index in [1.807, 2.05) is 0 Å². The van der Waals surface area contributed by atoms with Gasteiger partial charge in [0.15, 0.2) is 0 Å². The average Bonchev–Trinajstić information content (AvgIpc) is 2.51. The third kappa shape index (κ3) is 2.28. The van der Waals surface area contributed by atoms with E-state index in [1.165, 1.54) is 13.8 Å². The molecule has 0 saturated carbocycles. The molecule has 14 heavy (non-hydrogen) atoms. The van der Waals surface area contributed by atoms with E-state index < -0.39 is 17.9 Å². The van der Waals surface area contributed by atoms with E-state index in [0.29, 0.717) is 0 Å². The van der Waals surface area contributed by atoms with E-state index in [4.69, 9.17) is 5.11 Å². The molecule has 0 aromatic carbocycles. The summed E-state index contributed by atoms with van der Waals surface area (Å²) in [5.41, 5.74) is 0. The molecule has 76 valence electrons. The van der Waals surface area contributed by atoms with Crippen molar-refractivity contribution in [3.8, 4) is 0 Å². The first-order valence-corrected chi connectivity index (χ1v) is 3.84. The summed E-state index contributed by atoms with van der Waals surface area (Å²) < 4.78 is 4.56. The highest BCUT2D eigenvalue weighted by Gasteiger charge is 2.18. The number of hydrogen-bond acceptors (Lipinski definition) is 5. The van der Waals surface area contributed by atoms with Crippen LogP contribution in [0.3, 0.4) is 0 Å². The standard InChI is InChI=1S/C7H9N3O4/c1-3(7(12)13)8-6(11)5-9-4(2)14-10-5/h3H,1-2H3,(H,8,11)(H,12,13)/t3-/m0/s1. The van der Waals surface area contributed by atoms with Crippen LogP contribution in [0.25, 0.3) is 0 Å². The molecule has 1 atom stereocenters. The molecule has 7 heteroatoms. The van der Waals surface area contributed by atoms with Gasteiger partial charge in [-0.25, -0.2) is 0 Å². The molecular formula is C7H9N3O4. The lowest BCUT2D eigenvalue weighted by Crippen LogP contribution is -2.38. The Hall–Kier alpha value is -1.92. The van der Waals surface area contributed by atoms with Gasteiger partial charge >= 0.3 is 5.97 Å². The molecule has 1 aromatic rings. The molecule has 1 aromatic heterocycles. The second-order valence-corrected chi connectivity index (χ2v) is 2.67. The van der Waals surface area contributed by atoms with Crippen molar-refractivity contribution in [3.63, 3.8) is 0 Å². The van der Waals surface area contributed by atoms with Gasteiger partial charge in [-0.1, -0.05) is 5.16 Å². The fourth-order valence-electron chi connectivity index (χ4n) is 0.714. The van der Waals surface area contributed by atoms with Crippen LogP contribution in [-0.2, 0) is 4.79 Å². The Bertz CT molecular complexity index is 360. The van der Waals surface area contributed by atoms with Crippen LogP contribution in [0.2, 0.25) is 0 Å². The number of rotatable bonds is 3. The van der Waals surface area contributed by atoms with E-state index in [1.54, 1.807) is 0 Å². The van der Waals surface area contributed by atoms with Crippen LogP contribution in [-0.4, -0.2) is 33.2 Å². The van der Waals surface area contributed by atoms with Gasteiger partial charge in [-0.05, 0) is 6.92 Å². The Balaban J connectivity index is 2.63. The highest BCUT2D eigenvalue weighted by Crippen LogP contribution is 1.95. The maximum atomic E-state index is 11.2. The molecule has 2 N–H and O–H groups in total. The summed E-state index contributed by atoms with van der Waals surface area (Å²) in [6.07, 6.45) is 0. The Labute approximate surface area is 79.1 Å². The Kier molecular flexibility index (Phi) is 2.80. The van der Waals surface area contributed by atoms with Gasteiger partial charge in [0.05, 0.1) is 0 Å². The van der Waals surface area contributed by atoms with E-state index >= 15 is 0 Å². The van der Waals surface area contributed by atoms with Gasteiger partial charge < -0.3 is 14.9 Å². The number of carboxylic acid groups (broad SMARTS) is 1. The molecule has 0 unspecified atom stereocenters. The van der Waals surface area contributed by atoms with E-state index in [0.717, 1.165) is 0 Å². The van der Waals surface area contributed by atoms with Crippen molar-refractivity contribution in [2.45, 2.75) is 19.9 Å². The van der Waals surface area contributed by atoms with Crippen molar-refractivity contribution >= 4 is 11.9 Å². The summed E-state index contributed by atoms with van der Waals surface area (Å²) in [6, 6.07) is -0.985. The third-order valence-corrected chi connectivity index (χ3v) is 1.45. The highest BCUT2D eigenvalue weighted by atomic mass is 16.5. The van der Waals surface area contributed by atoms with E-state index in [2.05, 4.69) is 20.0 Å². The van der Waals surface area contributed by atoms with Crippen LogP contribution in [0.4, 0.5) is 0 Å². The summed E-state index contributed by atoms with van der Waals surface area (Å²) in [5, 5.41) is 14.0. The molecule has 1 rings (SSSR count). The van der Waals surface area contributed by atoms with Crippen LogP contribution in [0.1, 0.15) is 23.4 Å². The molecule has 0 aliphatic rings. The predicted octanol–water partition coefficient (Wildman–Crippen LogP) is -0.419. The van der Waals surface area contributed by atoms with Crippen molar-refractivity contribution in [2.75, 3.05) is 0 Å². The Morgan fingerprint density at radius 1 is 1.57 bits per heavy atom. The number of aliphatic carboxylic acids is 1. The van der Waals surface area contributed by atoms with Gasteiger partial charge in [0.2, 0.25) is 5.89 Å². The number of carbonyl (C=O) groups is 2. The zero-order chi connectivity index (χ0) is 10.7. The summed E-state index contributed by atoms with van der Waals surface area (Å²) in [6.45, 7) is 2.87. The van der Waals surface area contributed by atoms with Gasteiger partial charge in [-0.15, -0.1) is 0 Å². The lowest BCUT2D eigenvalue weighted by Gasteiger charge is -2.05. The number of hydrogen-bond donors (Lipinski definition) is 2. The Morgan fingerprint density at radius 2 is 2.21 bits per heavy atom. The minimum atomic E-state index is -1.13. The number of nitrogens with zero attached hydrogens (tertiary/aromatic N) is 2. The number of carboxylic acids is 1. The van der Waals surface area contributed by atoms with Gasteiger partial charge in [-0.2, -0.15) is 4.98 Å². The van der Waals surface area contributed by atoms with Gasteiger partial charge in [-0.3, -0.25) is 9.59 Å². The number of carbonyl (C=O) groups excluding carboxylic acids is 1. The molecule has 0 aliphatic carbocycles. The zero-order valence-corrected chi connectivity index (χ0v) is 7.64. The molecule has 0 radical (unpaired) electrons. The third-order valence-electron chi connectivity index (χ3n) is 1.45.